The van der Waals surface area contributed by atoms with Crippen LogP contribution in [-0.2, 0) is 6.54 Å². The second kappa shape index (κ2) is 5.71. The standard InChI is InChI=1S/C12H13ClN4O2/c1-9-7-15-16(8-9)6-5-14-11-4-2-3-10(13)12(11)17(18)19/h2-4,7-8,14H,5-6H2,1H3. The van der Waals surface area contributed by atoms with E-state index < -0.39 is 4.92 Å². The van der Waals surface area contributed by atoms with Crippen molar-refractivity contribution in [3.8, 4) is 0 Å². The van der Waals surface area contributed by atoms with E-state index in [2.05, 4.69) is 10.4 Å². The van der Waals surface area contributed by atoms with E-state index in [0.29, 0.717) is 18.8 Å². The first kappa shape index (κ1) is 13.4. The van der Waals surface area contributed by atoms with Crippen molar-refractivity contribution in [1.29, 1.82) is 0 Å². The van der Waals surface area contributed by atoms with Crippen molar-refractivity contribution in [2.24, 2.45) is 0 Å². The summed E-state index contributed by atoms with van der Waals surface area (Å²) in [5.74, 6) is 0. The van der Waals surface area contributed by atoms with Gasteiger partial charge in [-0.25, -0.2) is 0 Å². The van der Waals surface area contributed by atoms with Gasteiger partial charge in [0.25, 0.3) is 0 Å². The monoisotopic (exact) mass is 280 g/mol. The average Bonchev–Trinajstić information content (AvgIpc) is 2.74. The molecule has 0 saturated heterocycles. The smallest absolute Gasteiger partial charge is 0.310 e. The van der Waals surface area contributed by atoms with Crippen LogP contribution < -0.4 is 5.32 Å². The molecule has 0 aliphatic heterocycles. The van der Waals surface area contributed by atoms with E-state index in [0.717, 1.165) is 5.56 Å². The number of hydrogen-bond acceptors (Lipinski definition) is 4. The molecular formula is C12H13ClN4O2. The van der Waals surface area contributed by atoms with Crippen LogP contribution in [-0.4, -0.2) is 21.2 Å². The fraction of sp³-hybridized carbons (Fsp3) is 0.250. The number of hydrogen-bond donors (Lipinski definition) is 1. The summed E-state index contributed by atoms with van der Waals surface area (Å²) in [6, 6.07) is 4.82. The summed E-state index contributed by atoms with van der Waals surface area (Å²) >= 11 is 5.82. The zero-order valence-corrected chi connectivity index (χ0v) is 11.1. The maximum Gasteiger partial charge on any atom is 0.310 e. The Labute approximate surface area is 115 Å². The number of aryl methyl sites for hydroxylation is 1. The molecule has 0 aliphatic rings. The molecule has 6 nitrogen and oxygen atoms in total. The molecule has 0 fully saturated rings. The van der Waals surface area contributed by atoms with Crippen LogP contribution in [0.1, 0.15) is 5.56 Å². The summed E-state index contributed by atoms with van der Waals surface area (Å²) < 4.78 is 1.78. The molecular weight excluding hydrogens is 268 g/mol. The average molecular weight is 281 g/mol. The summed E-state index contributed by atoms with van der Waals surface area (Å²) in [7, 11) is 0. The van der Waals surface area contributed by atoms with E-state index in [1.165, 1.54) is 6.07 Å². The van der Waals surface area contributed by atoms with Crippen molar-refractivity contribution >= 4 is 23.0 Å². The predicted molar refractivity (Wildman–Crippen MR) is 73.6 cm³/mol. The number of nitrogens with one attached hydrogen (secondary N) is 1. The Morgan fingerprint density at radius 1 is 1.53 bits per heavy atom. The van der Waals surface area contributed by atoms with Gasteiger partial charge in [-0.1, -0.05) is 17.7 Å². The van der Waals surface area contributed by atoms with E-state index in [4.69, 9.17) is 11.6 Å². The molecule has 0 bridgehead atoms. The lowest BCUT2D eigenvalue weighted by molar-refractivity contribution is -0.383. The minimum atomic E-state index is -0.483. The van der Waals surface area contributed by atoms with Gasteiger partial charge in [0.1, 0.15) is 10.7 Å². The van der Waals surface area contributed by atoms with Gasteiger partial charge in [-0.2, -0.15) is 5.10 Å². The van der Waals surface area contributed by atoms with Crippen LogP contribution in [0.25, 0.3) is 0 Å². The molecule has 0 radical (unpaired) electrons. The van der Waals surface area contributed by atoms with Crippen molar-refractivity contribution in [2.75, 3.05) is 11.9 Å². The van der Waals surface area contributed by atoms with Crippen LogP contribution in [0.2, 0.25) is 5.02 Å². The highest BCUT2D eigenvalue weighted by Crippen LogP contribution is 2.31. The SMILES string of the molecule is Cc1cnn(CCNc2cccc(Cl)c2[N+](=O)[O-])c1. The molecule has 7 heteroatoms. The summed E-state index contributed by atoms with van der Waals surface area (Å²) in [5, 5.41) is 18.2. The lowest BCUT2D eigenvalue weighted by atomic mass is 10.2. The Hall–Kier alpha value is -2.08. The zero-order chi connectivity index (χ0) is 13.8. The topological polar surface area (TPSA) is 73.0 Å². The number of nitro groups is 1. The number of halogens is 1. The van der Waals surface area contributed by atoms with Crippen LogP contribution in [0.4, 0.5) is 11.4 Å². The van der Waals surface area contributed by atoms with Crippen molar-refractivity contribution in [3.05, 3.63) is 51.3 Å². The van der Waals surface area contributed by atoms with Crippen LogP contribution in [0, 0.1) is 17.0 Å². The number of rotatable bonds is 5. The molecule has 100 valence electrons. The van der Waals surface area contributed by atoms with Gasteiger partial charge in [0.05, 0.1) is 17.7 Å². The van der Waals surface area contributed by atoms with Gasteiger partial charge in [0.15, 0.2) is 0 Å². The van der Waals surface area contributed by atoms with Gasteiger partial charge in [0.2, 0.25) is 0 Å². The van der Waals surface area contributed by atoms with Crippen LogP contribution in [0.15, 0.2) is 30.6 Å². The zero-order valence-electron chi connectivity index (χ0n) is 10.3. The Morgan fingerprint density at radius 3 is 2.95 bits per heavy atom. The van der Waals surface area contributed by atoms with Crippen LogP contribution in [0.5, 0.6) is 0 Å². The summed E-state index contributed by atoms with van der Waals surface area (Å²) in [6.07, 6.45) is 3.68. The first-order valence-corrected chi connectivity index (χ1v) is 6.11. The lowest BCUT2D eigenvalue weighted by Gasteiger charge is -2.07. The predicted octanol–water partition coefficient (Wildman–Crippen LogP) is 2.87. The second-order valence-electron chi connectivity index (χ2n) is 4.10. The van der Waals surface area contributed by atoms with E-state index >= 15 is 0 Å². The number of nitro benzene ring substituents is 1. The van der Waals surface area contributed by atoms with Crippen molar-refractivity contribution < 1.29 is 4.92 Å². The highest BCUT2D eigenvalue weighted by Gasteiger charge is 2.17. The molecule has 0 unspecified atom stereocenters. The van der Waals surface area contributed by atoms with E-state index in [9.17, 15) is 10.1 Å². The Balaban J connectivity index is 2.03. The molecule has 1 aromatic heterocycles. The Morgan fingerprint density at radius 2 is 2.32 bits per heavy atom. The second-order valence-corrected chi connectivity index (χ2v) is 4.51. The molecule has 2 aromatic rings. The van der Waals surface area contributed by atoms with Gasteiger partial charge < -0.3 is 5.32 Å². The minimum Gasteiger partial charge on any atom is -0.378 e. The Bertz CT molecular complexity index is 597. The number of nitrogens with zero attached hydrogens (tertiary/aromatic N) is 3. The molecule has 2 rings (SSSR count). The number of para-hydroxylation sites is 1. The number of anilines is 1. The first-order valence-electron chi connectivity index (χ1n) is 5.74. The molecule has 0 atom stereocenters. The minimum absolute atomic E-state index is 0.0965. The summed E-state index contributed by atoms with van der Waals surface area (Å²) in [6.45, 7) is 3.11. The Kier molecular flexibility index (Phi) is 4.01. The van der Waals surface area contributed by atoms with Crippen molar-refractivity contribution in [1.82, 2.24) is 9.78 Å². The third kappa shape index (κ3) is 3.23. The molecule has 1 heterocycles. The van der Waals surface area contributed by atoms with Crippen molar-refractivity contribution in [3.63, 3.8) is 0 Å². The fourth-order valence-electron chi connectivity index (χ4n) is 1.74. The molecule has 1 N–H and O–H groups in total. The third-order valence-corrected chi connectivity index (χ3v) is 2.89. The van der Waals surface area contributed by atoms with Gasteiger partial charge in [-0.05, 0) is 24.6 Å². The van der Waals surface area contributed by atoms with Crippen molar-refractivity contribution in [2.45, 2.75) is 13.5 Å². The van der Waals surface area contributed by atoms with Crippen LogP contribution >= 0.6 is 11.6 Å². The fourth-order valence-corrected chi connectivity index (χ4v) is 1.98. The summed E-state index contributed by atoms with van der Waals surface area (Å²) in [5.41, 5.74) is 1.40. The highest BCUT2D eigenvalue weighted by molar-refractivity contribution is 6.33. The van der Waals surface area contributed by atoms with E-state index in [1.807, 2.05) is 13.1 Å². The maximum atomic E-state index is 10.9. The number of aromatic nitrogens is 2. The largest absolute Gasteiger partial charge is 0.378 e. The highest BCUT2D eigenvalue weighted by atomic mass is 35.5. The van der Waals surface area contributed by atoms with Gasteiger partial charge in [-0.15, -0.1) is 0 Å². The quantitative estimate of drug-likeness (QED) is 0.675. The van der Waals surface area contributed by atoms with Gasteiger partial charge in [-0.3, -0.25) is 14.8 Å². The molecule has 0 spiro atoms. The van der Waals surface area contributed by atoms with E-state index in [-0.39, 0.29) is 10.7 Å². The van der Waals surface area contributed by atoms with Crippen LogP contribution in [0.3, 0.4) is 0 Å². The van der Waals surface area contributed by atoms with E-state index in [1.54, 1.807) is 23.0 Å². The third-order valence-electron chi connectivity index (χ3n) is 2.59. The molecule has 0 saturated carbocycles. The number of benzene rings is 1. The molecule has 19 heavy (non-hydrogen) atoms. The van der Waals surface area contributed by atoms with Gasteiger partial charge >= 0.3 is 5.69 Å². The maximum absolute atomic E-state index is 10.9. The summed E-state index contributed by atoms with van der Waals surface area (Å²) in [4.78, 5) is 10.5. The lowest BCUT2D eigenvalue weighted by Crippen LogP contribution is -2.11. The molecule has 0 aliphatic carbocycles. The first-order chi connectivity index (χ1) is 9.08. The molecule has 1 aromatic carbocycles. The van der Waals surface area contributed by atoms with Gasteiger partial charge in [0, 0.05) is 12.7 Å². The molecule has 0 amide bonds. The normalized spacial score (nSPS) is 10.4.